The van der Waals surface area contributed by atoms with E-state index in [-0.39, 0.29) is 17.6 Å². The van der Waals surface area contributed by atoms with Crippen molar-refractivity contribution >= 4 is 29.3 Å². The number of rotatable bonds is 6. The Morgan fingerprint density at radius 1 is 1.15 bits per heavy atom. The second-order valence-electron chi connectivity index (χ2n) is 5.60. The number of amides is 2. The second kappa shape index (κ2) is 8.45. The highest BCUT2D eigenvalue weighted by molar-refractivity contribution is 7.99. The molecule has 138 valence electrons. The predicted octanol–water partition coefficient (Wildman–Crippen LogP) is 1.97. The van der Waals surface area contributed by atoms with Crippen LogP contribution in [0.1, 0.15) is 10.4 Å². The standard InChI is InChI=1S/C18H18N6O2S/c1-19-17(26)13-4-3-5-14(10-13)21-15(25)11-27-18-23-22-16(24(18)2)12-6-8-20-9-7-12/h3-10H,11H2,1-2H3,(H,19,26)(H,21,25). The van der Waals surface area contributed by atoms with Crippen molar-refractivity contribution in [2.45, 2.75) is 5.16 Å². The van der Waals surface area contributed by atoms with E-state index in [1.807, 2.05) is 23.7 Å². The molecule has 0 aliphatic carbocycles. The molecule has 0 aliphatic heterocycles. The van der Waals surface area contributed by atoms with E-state index in [9.17, 15) is 9.59 Å². The summed E-state index contributed by atoms with van der Waals surface area (Å²) in [5.41, 5.74) is 1.96. The van der Waals surface area contributed by atoms with Crippen molar-refractivity contribution in [2.24, 2.45) is 7.05 Å². The van der Waals surface area contributed by atoms with Gasteiger partial charge in [-0.15, -0.1) is 10.2 Å². The van der Waals surface area contributed by atoms with Crippen molar-refractivity contribution in [2.75, 3.05) is 18.1 Å². The molecule has 1 aromatic carbocycles. The monoisotopic (exact) mass is 382 g/mol. The summed E-state index contributed by atoms with van der Waals surface area (Å²) in [5.74, 6) is 0.483. The van der Waals surface area contributed by atoms with Gasteiger partial charge in [0.1, 0.15) is 0 Å². The van der Waals surface area contributed by atoms with Crippen molar-refractivity contribution in [1.29, 1.82) is 0 Å². The van der Waals surface area contributed by atoms with Crippen LogP contribution in [0, 0.1) is 0 Å². The molecule has 0 bridgehead atoms. The molecule has 0 atom stereocenters. The lowest BCUT2D eigenvalue weighted by molar-refractivity contribution is -0.113. The van der Waals surface area contributed by atoms with Gasteiger partial charge >= 0.3 is 0 Å². The lowest BCUT2D eigenvalue weighted by Gasteiger charge is -2.07. The van der Waals surface area contributed by atoms with Crippen molar-refractivity contribution < 1.29 is 9.59 Å². The van der Waals surface area contributed by atoms with Crippen LogP contribution in [-0.4, -0.2) is 44.4 Å². The molecule has 0 saturated carbocycles. The molecule has 2 amide bonds. The van der Waals surface area contributed by atoms with Crippen LogP contribution in [0.4, 0.5) is 5.69 Å². The number of hydrogen-bond acceptors (Lipinski definition) is 6. The third kappa shape index (κ3) is 4.50. The Bertz CT molecular complexity index is 957. The van der Waals surface area contributed by atoms with Crippen molar-refractivity contribution in [3.63, 3.8) is 0 Å². The number of benzene rings is 1. The fraction of sp³-hybridized carbons (Fsp3) is 0.167. The number of carbonyl (C=O) groups is 2. The molecule has 0 aliphatic rings. The van der Waals surface area contributed by atoms with Gasteiger partial charge in [0.25, 0.3) is 5.91 Å². The third-order valence-electron chi connectivity index (χ3n) is 3.74. The number of hydrogen-bond donors (Lipinski definition) is 2. The molecular weight excluding hydrogens is 364 g/mol. The summed E-state index contributed by atoms with van der Waals surface area (Å²) < 4.78 is 1.83. The Morgan fingerprint density at radius 3 is 2.67 bits per heavy atom. The zero-order valence-corrected chi connectivity index (χ0v) is 15.7. The maximum absolute atomic E-state index is 12.2. The van der Waals surface area contributed by atoms with Gasteiger partial charge < -0.3 is 15.2 Å². The second-order valence-corrected chi connectivity index (χ2v) is 6.54. The first-order chi connectivity index (χ1) is 13.1. The number of aromatic nitrogens is 4. The zero-order valence-electron chi connectivity index (χ0n) is 14.8. The number of nitrogens with zero attached hydrogens (tertiary/aromatic N) is 4. The molecule has 27 heavy (non-hydrogen) atoms. The maximum Gasteiger partial charge on any atom is 0.251 e. The van der Waals surface area contributed by atoms with Crippen molar-refractivity contribution in [1.82, 2.24) is 25.1 Å². The van der Waals surface area contributed by atoms with Crippen LogP contribution in [0.5, 0.6) is 0 Å². The first-order valence-corrected chi connectivity index (χ1v) is 9.11. The first kappa shape index (κ1) is 18.6. The minimum atomic E-state index is -0.205. The van der Waals surface area contributed by atoms with E-state index in [1.165, 1.54) is 11.8 Å². The molecule has 0 saturated heterocycles. The SMILES string of the molecule is CNC(=O)c1cccc(NC(=O)CSc2nnc(-c3ccncc3)n2C)c1. The Kier molecular flexibility index (Phi) is 5.82. The molecule has 2 aromatic heterocycles. The molecule has 8 nitrogen and oxygen atoms in total. The van der Waals surface area contributed by atoms with E-state index in [2.05, 4.69) is 25.8 Å². The largest absolute Gasteiger partial charge is 0.355 e. The van der Waals surface area contributed by atoms with Gasteiger partial charge in [0, 0.05) is 43.3 Å². The fourth-order valence-corrected chi connectivity index (χ4v) is 3.11. The van der Waals surface area contributed by atoms with Gasteiger partial charge in [0.2, 0.25) is 5.91 Å². The van der Waals surface area contributed by atoms with Crippen molar-refractivity contribution in [3.05, 3.63) is 54.4 Å². The molecule has 9 heteroatoms. The Hall–Kier alpha value is -3.20. The summed E-state index contributed by atoms with van der Waals surface area (Å²) in [7, 11) is 3.41. The average Bonchev–Trinajstić information content (AvgIpc) is 3.07. The van der Waals surface area contributed by atoms with Crippen LogP contribution >= 0.6 is 11.8 Å². The van der Waals surface area contributed by atoms with E-state index in [4.69, 9.17) is 0 Å². The first-order valence-electron chi connectivity index (χ1n) is 8.13. The molecule has 2 N–H and O–H groups in total. The van der Waals surface area contributed by atoms with Gasteiger partial charge in [-0.05, 0) is 30.3 Å². The highest BCUT2D eigenvalue weighted by Crippen LogP contribution is 2.22. The van der Waals surface area contributed by atoms with Crippen molar-refractivity contribution in [3.8, 4) is 11.4 Å². The van der Waals surface area contributed by atoms with Crippen LogP contribution in [0.15, 0.2) is 53.9 Å². The molecule has 0 spiro atoms. The number of carbonyl (C=O) groups excluding carboxylic acids is 2. The molecule has 2 heterocycles. The summed E-state index contributed by atoms with van der Waals surface area (Å²) in [6, 6.07) is 10.5. The number of pyridine rings is 1. The van der Waals surface area contributed by atoms with E-state index in [1.54, 1.807) is 43.7 Å². The quantitative estimate of drug-likeness (QED) is 0.632. The third-order valence-corrected chi connectivity index (χ3v) is 4.76. The number of thioether (sulfide) groups is 1. The summed E-state index contributed by atoms with van der Waals surface area (Å²) in [6.07, 6.45) is 3.38. The lowest BCUT2D eigenvalue weighted by atomic mass is 10.2. The van der Waals surface area contributed by atoms with Crippen LogP contribution in [-0.2, 0) is 11.8 Å². The van der Waals surface area contributed by atoms with Gasteiger partial charge in [-0.25, -0.2) is 0 Å². The van der Waals surface area contributed by atoms with Gasteiger partial charge in [-0.1, -0.05) is 17.8 Å². The van der Waals surface area contributed by atoms with Crippen LogP contribution in [0.25, 0.3) is 11.4 Å². The normalized spacial score (nSPS) is 10.4. The van der Waals surface area contributed by atoms with E-state index in [0.717, 1.165) is 5.56 Å². The topological polar surface area (TPSA) is 102 Å². The number of nitrogens with one attached hydrogen (secondary N) is 2. The summed E-state index contributed by atoms with van der Waals surface area (Å²) in [5, 5.41) is 14.3. The van der Waals surface area contributed by atoms with Crippen LogP contribution in [0.3, 0.4) is 0 Å². The van der Waals surface area contributed by atoms with Gasteiger partial charge in [-0.2, -0.15) is 0 Å². The highest BCUT2D eigenvalue weighted by atomic mass is 32.2. The molecule has 0 radical (unpaired) electrons. The van der Waals surface area contributed by atoms with Gasteiger partial charge in [-0.3, -0.25) is 14.6 Å². The smallest absolute Gasteiger partial charge is 0.251 e. The van der Waals surface area contributed by atoms with E-state index < -0.39 is 0 Å². The Morgan fingerprint density at radius 2 is 1.93 bits per heavy atom. The van der Waals surface area contributed by atoms with Crippen LogP contribution < -0.4 is 10.6 Å². The highest BCUT2D eigenvalue weighted by Gasteiger charge is 2.13. The Balaban J connectivity index is 1.62. The van der Waals surface area contributed by atoms with Crippen LogP contribution in [0.2, 0.25) is 0 Å². The average molecular weight is 382 g/mol. The molecule has 0 unspecified atom stereocenters. The maximum atomic E-state index is 12.2. The number of anilines is 1. The molecule has 3 aromatic rings. The van der Waals surface area contributed by atoms with E-state index >= 15 is 0 Å². The Labute approximate surface area is 160 Å². The van der Waals surface area contributed by atoms with Gasteiger partial charge in [0.05, 0.1) is 5.75 Å². The van der Waals surface area contributed by atoms with E-state index in [0.29, 0.717) is 22.2 Å². The summed E-state index contributed by atoms with van der Waals surface area (Å²) >= 11 is 1.29. The lowest BCUT2D eigenvalue weighted by Crippen LogP contribution is -2.19. The summed E-state index contributed by atoms with van der Waals surface area (Å²) in [4.78, 5) is 27.9. The minimum absolute atomic E-state index is 0.173. The molecule has 3 rings (SSSR count). The predicted molar refractivity (Wildman–Crippen MR) is 103 cm³/mol. The minimum Gasteiger partial charge on any atom is -0.355 e. The zero-order chi connectivity index (χ0) is 19.2. The molecule has 0 fully saturated rings. The molecular formula is C18H18N6O2S. The fourth-order valence-electron chi connectivity index (χ4n) is 2.40. The summed E-state index contributed by atoms with van der Waals surface area (Å²) in [6.45, 7) is 0. The van der Waals surface area contributed by atoms with Gasteiger partial charge in [0.15, 0.2) is 11.0 Å².